The fourth-order valence-corrected chi connectivity index (χ4v) is 2.67. The lowest BCUT2D eigenvalue weighted by molar-refractivity contribution is -0.0692. The van der Waals surface area contributed by atoms with E-state index < -0.39 is 15.0 Å². The second kappa shape index (κ2) is 10.0. The van der Waals surface area contributed by atoms with Gasteiger partial charge in [-0.15, -0.1) is 0 Å². The molecule has 0 aliphatic carbocycles. The van der Waals surface area contributed by atoms with Crippen molar-refractivity contribution in [2.24, 2.45) is 0 Å². The minimum Gasteiger partial charge on any atom is -0.493 e. The fourth-order valence-electron chi connectivity index (χ4n) is 2.49. The Bertz CT molecular complexity index is 789. The largest absolute Gasteiger partial charge is 0.493 e. The summed E-state index contributed by atoms with van der Waals surface area (Å²) in [6, 6.07) is 10.3. The van der Waals surface area contributed by atoms with Crippen molar-refractivity contribution < 1.29 is 32.8 Å². The first-order valence-electron chi connectivity index (χ1n) is 8.08. The zero-order valence-corrected chi connectivity index (χ0v) is 16.4. The molecule has 0 amide bonds. The molecule has 0 aromatic heterocycles. The molecule has 0 saturated carbocycles. The molecule has 2 aromatic rings. The van der Waals surface area contributed by atoms with Crippen LogP contribution < -0.4 is 14.2 Å². The van der Waals surface area contributed by atoms with Crippen LogP contribution in [0.2, 0.25) is 0 Å². The molecule has 0 aliphatic rings. The summed E-state index contributed by atoms with van der Waals surface area (Å²) >= 11 is 0. The fraction of sp³-hybridized carbons (Fsp3) is 0.316. The van der Waals surface area contributed by atoms with E-state index in [0.29, 0.717) is 28.4 Å². The molecule has 0 saturated heterocycles. The third kappa shape index (κ3) is 5.04. The van der Waals surface area contributed by atoms with E-state index >= 15 is 0 Å². The normalized spacial score (nSPS) is 11.9. The number of hydrogen-bond acceptors (Lipinski definition) is 7. The monoisotopic (exact) mass is 392 g/mol. The minimum absolute atomic E-state index is 0.206. The minimum atomic E-state index is -0.596. The third-order valence-corrected chi connectivity index (χ3v) is 4.22. The van der Waals surface area contributed by atoms with Gasteiger partial charge in [-0.2, -0.15) is 0 Å². The van der Waals surface area contributed by atoms with E-state index in [2.05, 4.69) is 0 Å². The first-order chi connectivity index (χ1) is 13.0. The van der Waals surface area contributed by atoms with Crippen LogP contribution in [0.5, 0.6) is 17.2 Å². The van der Waals surface area contributed by atoms with Crippen LogP contribution in [0.25, 0.3) is 0 Å². The molecule has 0 heterocycles. The van der Waals surface area contributed by atoms with E-state index in [9.17, 15) is 9.36 Å². The molecule has 1 unspecified atom stereocenters. The molecule has 0 bridgehead atoms. The quantitative estimate of drug-likeness (QED) is 0.343. The van der Waals surface area contributed by atoms with Crippen LogP contribution >= 0.6 is 8.69 Å². The summed E-state index contributed by atoms with van der Waals surface area (Å²) in [6.45, 7) is 1.91. The number of carbonyl (C=O) groups is 1. The van der Waals surface area contributed by atoms with Gasteiger partial charge in [-0.1, -0.05) is 24.3 Å². The molecule has 0 spiro atoms. The second-order valence-electron chi connectivity index (χ2n) is 5.47. The summed E-state index contributed by atoms with van der Waals surface area (Å²) in [7, 11) is 4.04. The highest BCUT2D eigenvalue weighted by Gasteiger charge is 2.21. The molecule has 144 valence electrons. The van der Waals surface area contributed by atoms with E-state index in [1.807, 2.05) is 0 Å². The van der Waals surface area contributed by atoms with Crippen LogP contribution in [-0.4, -0.2) is 33.4 Å². The van der Waals surface area contributed by atoms with E-state index in [-0.39, 0.29) is 12.4 Å². The van der Waals surface area contributed by atoms with Gasteiger partial charge in [0.15, 0.2) is 23.6 Å². The number of hydrogen-bond donors (Lipinski definition) is 0. The van der Waals surface area contributed by atoms with Crippen molar-refractivity contribution in [2.45, 2.75) is 19.8 Å². The molecule has 27 heavy (non-hydrogen) atoms. The highest BCUT2D eigenvalue weighted by atomic mass is 31.1. The highest BCUT2D eigenvalue weighted by molar-refractivity contribution is 7.17. The lowest BCUT2D eigenvalue weighted by Gasteiger charge is -2.15. The van der Waals surface area contributed by atoms with Gasteiger partial charge in [0.2, 0.25) is 5.75 Å². The van der Waals surface area contributed by atoms with Gasteiger partial charge >= 0.3 is 8.69 Å². The summed E-state index contributed by atoms with van der Waals surface area (Å²) in [5.41, 5.74) is 1.71. The molecule has 0 radical (unpaired) electrons. The van der Waals surface area contributed by atoms with Gasteiger partial charge in [0.25, 0.3) is 0 Å². The Kier molecular flexibility index (Phi) is 7.73. The average Bonchev–Trinajstić information content (AvgIpc) is 2.71. The summed E-state index contributed by atoms with van der Waals surface area (Å²) < 4.78 is 36.4. The van der Waals surface area contributed by atoms with Crippen molar-refractivity contribution in [1.82, 2.24) is 0 Å². The second-order valence-corrected chi connectivity index (χ2v) is 5.83. The Morgan fingerprint density at radius 3 is 2.19 bits per heavy atom. The van der Waals surface area contributed by atoms with E-state index in [0.717, 1.165) is 5.56 Å². The Balaban J connectivity index is 2.22. The predicted molar refractivity (Wildman–Crippen MR) is 98.9 cm³/mol. The van der Waals surface area contributed by atoms with E-state index in [1.165, 1.54) is 21.3 Å². The number of ether oxygens (including phenoxy) is 4. The molecule has 8 heteroatoms. The average molecular weight is 392 g/mol. The van der Waals surface area contributed by atoms with Gasteiger partial charge in [-0.3, -0.25) is 9.32 Å². The van der Waals surface area contributed by atoms with Gasteiger partial charge < -0.3 is 18.9 Å². The number of rotatable bonds is 10. The Morgan fingerprint density at radius 2 is 1.63 bits per heavy atom. The van der Waals surface area contributed by atoms with Crippen LogP contribution in [0.1, 0.15) is 28.4 Å². The summed E-state index contributed by atoms with van der Waals surface area (Å²) in [5, 5.41) is 0. The molecular formula is C19H21O7P. The van der Waals surface area contributed by atoms with Crippen molar-refractivity contribution in [3.05, 3.63) is 53.1 Å². The summed E-state index contributed by atoms with van der Waals surface area (Å²) in [6.07, 6.45) is -0.596. The van der Waals surface area contributed by atoms with E-state index in [1.54, 1.807) is 43.3 Å². The molecule has 0 N–H and O–H groups in total. The highest BCUT2D eigenvalue weighted by Crippen LogP contribution is 2.40. The Morgan fingerprint density at radius 1 is 0.963 bits per heavy atom. The molecule has 7 nitrogen and oxygen atoms in total. The van der Waals surface area contributed by atoms with Gasteiger partial charge in [0.1, 0.15) is 0 Å². The van der Waals surface area contributed by atoms with E-state index in [4.69, 9.17) is 23.5 Å². The number of carbonyl (C=O) groups excluding carboxylic acids is 1. The molecule has 0 fully saturated rings. The first-order valence-corrected chi connectivity index (χ1v) is 8.81. The van der Waals surface area contributed by atoms with Crippen LogP contribution in [0.4, 0.5) is 0 Å². The van der Waals surface area contributed by atoms with Crippen molar-refractivity contribution in [3.8, 4) is 17.2 Å². The van der Waals surface area contributed by atoms with Gasteiger partial charge in [-0.25, -0.2) is 4.57 Å². The lowest BCUT2D eigenvalue weighted by Crippen LogP contribution is -2.08. The molecule has 2 rings (SSSR count). The molecule has 2 aromatic carbocycles. The van der Waals surface area contributed by atoms with Crippen LogP contribution in [0.3, 0.4) is 0 Å². The smallest absolute Gasteiger partial charge is 0.329 e. The Labute approximate surface area is 159 Å². The van der Waals surface area contributed by atoms with Crippen molar-refractivity contribution in [1.29, 1.82) is 0 Å². The van der Waals surface area contributed by atoms with Crippen molar-refractivity contribution in [3.63, 3.8) is 0 Å². The Hall–Kier alpha value is -2.47. The zero-order valence-electron chi connectivity index (χ0n) is 15.6. The SMILES string of the molecule is COc1ccc(C(=O)c2ccc(COC(C)OP=O)cc2)c(OC)c1OC. The summed E-state index contributed by atoms with van der Waals surface area (Å²) in [4.78, 5) is 12.9. The predicted octanol–water partition coefficient (Wildman–Crippen LogP) is 4.03. The van der Waals surface area contributed by atoms with Crippen molar-refractivity contribution in [2.75, 3.05) is 21.3 Å². The zero-order chi connectivity index (χ0) is 19.8. The molecule has 0 aliphatic heterocycles. The summed E-state index contributed by atoms with van der Waals surface area (Å²) in [5.74, 6) is 0.953. The van der Waals surface area contributed by atoms with Gasteiger partial charge in [0, 0.05) is 5.56 Å². The number of methoxy groups -OCH3 is 3. The third-order valence-electron chi connectivity index (χ3n) is 3.84. The molecule has 1 atom stereocenters. The maximum Gasteiger partial charge on any atom is 0.329 e. The lowest BCUT2D eigenvalue weighted by atomic mass is 10.0. The topological polar surface area (TPSA) is 80.3 Å². The molecular weight excluding hydrogens is 371 g/mol. The standard InChI is InChI=1S/C19H21O7P/c1-12(26-27-21)25-11-13-5-7-14(8-6-13)17(20)15-9-10-16(22-2)19(24-4)18(15)23-3/h5-10,12H,11H2,1-4H3. The van der Waals surface area contributed by atoms with Crippen LogP contribution in [0, 0.1) is 0 Å². The number of ketones is 1. The van der Waals surface area contributed by atoms with Crippen LogP contribution in [0.15, 0.2) is 36.4 Å². The maximum atomic E-state index is 12.9. The first kappa shape index (κ1) is 20.8. The maximum absolute atomic E-state index is 12.9. The van der Waals surface area contributed by atoms with Gasteiger partial charge in [0.05, 0.1) is 33.5 Å². The van der Waals surface area contributed by atoms with Gasteiger partial charge in [-0.05, 0) is 24.6 Å². The number of benzene rings is 2. The van der Waals surface area contributed by atoms with Crippen LogP contribution in [-0.2, 0) is 20.4 Å². The van der Waals surface area contributed by atoms with Crippen molar-refractivity contribution >= 4 is 14.5 Å².